The fourth-order valence-corrected chi connectivity index (χ4v) is 1.06. The van der Waals surface area contributed by atoms with Gasteiger partial charge >= 0.3 is 12.0 Å². The lowest BCUT2D eigenvalue weighted by Gasteiger charge is -2.17. The molecular weight excluding hydrogens is 168 g/mol. The van der Waals surface area contributed by atoms with E-state index in [1.165, 1.54) is 0 Å². The Labute approximate surface area is 77.9 Å². The van der Waals surface area contributed by atoms with Gasteiger partial charge in [0.2, 0.25) is 0 Å². The van der Waals surface area contributed by atoms with Crippen molar-refractivity contribution in [2.24, 2.45) is 5.92 Å². The van der Waals surface area contributed by atoms with Crippen LogP contribution in [0.25, 0.3) is 0 Å². The van der Waals surface area contributed by atoms with E-state index in [1.54, 1.807) is 0 Å². The number of nitrogens with zero attached hydrogens (tertiary/aromatic N) is 3. The Balaban J connectivity index is 2.53. The Bertz CT molecular complexity index is 260. The van der Waals surface area contributed by atoms with Crippen molar-refractivity contribution in [3.63, 3.8) is 0 Å². The van der Waals surface area contributed by atoms with Crippen LogP contribution in [0.5, 0.6) is 0 Å². The fourth-order valence-electron chi connectivity index (χ4n) is 1.06. The Morgan fingerprint density at radius 1 is 1.54 bits per heavy atom. The maximum atomic E-state index is 5.31. The highest BCUT2D eigenvalue weighted by Crippen LogP contribution is 2.13. The maximum absolute atomic E-state index is 5.31. The molecule has 1 rings (SSSR count). The molecule has 74 valence electrons. The topological polar surface area (TPSA) is 68.2 Å². The summed E-state index contributed by atoms with van der Waals surface area (Å²) in [7, 11) is 1.92. The minimum absolute atomic E-state index is 0.117. The Morgan fingerprint density at radius 3 is 2.69 bits per heavy atom. The third kappa shape index (κ3) is 2.61. The Morgan fingerprint density at radius 2 is 2.23 bits per heavy atom. The van der Waals surface area contributed by atoms with Gasteiger partial charge in [-0.15, -0.1) is 0 Å². The molecule has 0 saturated heterocycles. The van der Waals surface area contributed by atoms with Crippen molar-refractivity contribution >= 4 is 12.0 Å². The predicted molar refractivity (Wildman–Crippen MR) is 51.4 cm³/mol. The van der Waals surface area contributed by atoms with Gasteiger partial charge in [-0.05, 0) is 5.92 Å². The van der Waals surface area contributed by atoms with Gasteiger partial charge in [0.05, 0.1) is 0 Å². The molecule has 0 fully saturated rings. The summed E-state index contributed by atoms with van der Waals surface area (Å²) in [5.74, 6) is 0.609. The van der Waals surface area contributed by atoms with Crippen LogP contribution in [0.3, 0.4) is 0 Å². The summed E-state index contributed by atoms with van der Waals surface area (Å²) < 4.78 is 5.07. The van der Waals surface area contributed by atoms with Crippen LogP contribution in [-0.4, -0.2) is 23.8 Å². The second kappa shape index (κ2) is 4.11. The van der Waals surface area contributed by atoms with Gasteiger partial charge in [-0.1, -0.05) is 30.5 Å². The molecule has 0 radical (unpaired) electrons. The van der Waals surface area contributed by atoms with E-state index in [0.29, 0.717) is 11.9 Å². The van der Waals surface area contributed by atoms with Gasteiger partial charge in [0.25, 0.3) is 0 Å². The average molecular weight is 184 g/mol. The van der Waals surface area contributed by atoms with Crippen molar-refractivity contribution in [2.75, 3.05) is 24.2 Å². The van der Waals surface area contributed by atoms with Crippen LogP contribution in [-0.2, 0) is 0 Å². The van der Waals surface area contributed by atoms with Crippen molar-refractivity contribution in [1.82, 2.24) is 10.2 Å². The van der Waals surface area contributed by atoms with Crippen LogP contribution in [0.2, 0.25) is 0 Å². The van der Waals surface area contributed by atoms with E-state index in [2.05, 4.69) is 24.0 Å². The summed E-state index contributed by atoms with van der Waals surface area (Å²) in [5, 5.41) is 7.38. The van der Waals surface area contributed by atoms with Crippen molar-refractivity contribution < 1.29 is 4.42 Å². The molecule has 1 aromatic heterocycles. The largest absolute Gasteiger partial charge is 0.390 e. The molecule has 0 amide bonds. The molecule has 1 aromatic rings. The number of anilines is 2. The lowest BCUT2D eigenvalue weighted by molar-refractivity contribution is 0.510. The number of hydrogen-bond donors (Lipinski definition) is 1. The number of hydrogen-bond acceptors (Lipinski definition) is 5. The second-order valence-corrected chi connectivity index (χ2v) is 3.32. The summed E-state index contributed by atoms with van der Waals surface area (Å²) in [6.07, 6.45) is 1.13. The van der Waals surface area contributed by atoms with Crippen LogP contribution >= 0.6 is 0 Å². The lowest BCUT2D eigenvalue weighted by Crippen LogP contribution is -2.23. The van der Waals surface area contributed by atoms with Gasteiger partial charge in [0, 0.05) is 13.6 Å². The number of nitrogen functional groups attached to an aromatic ring is 1. The molecule has 1 heterocycles. The van der Waals surface area contributed by atoms with Gasteiger partial charge in [-0.2, -0.15) is 0 Å². The third-order valence-corrected chi connectivity index (χ3v) is 2.04. The monoisotopic (exact) mass is 184 g/mol. The van der Waals surface area contributed by atoms with Gasteiger partial charge < -0.3 is 15.1 Å². The highest BCUT2D eigenvalue weighted by atomic mass is 16.4. The highest BCUT2D eigenvalue weighted by molar-refractivity contribution is 5.25. The van der Waals surface area contributed by atoms with E-state index in [0.717, 1.165) is 13.0 Å². The standard InChI is InChI=1S/C8H16N4O/c1-4-6(2)5-12(3)8-11-10-7(9)13-8/h6H,4-5H2,1-3H3,(H2,9,10). The molecule has 0 aliphatic heterocycles. The zero-order valence-corrected chi connectivity index (χ0v) is 8.32. The quantitative estimate of drug-likeness (QED) is 0.759. The first-order valence-corrected chi connectivity index (χ1v) is 4.43. The van der Waals surface area contributed by atoms with Crippen molar-refractivity contribution in [3.8, 4) is 0 Å². The summed E-state index contributed by atoms with van der Waals surface area (Å²) in [5.41, 5.74) is 5.31. The summed E-state index contributed by atoms with van der Waals surface area (Å²) in [6.45, 7) is 5.23. The van der Waals surface area contributed by atoms with Crippen molar-refractivity contribution in [3.05, 3.63) is 0 Å². The molecule has 1 unspecified atom stereocenters. The van der Waals surface area contributed by atoms with E-state index in [4.69, 9.17) is 10.2 Å². The average Bonchev–Trinajstić information content (AvgIpc) is 2.51. The number of nitrogens with two attached hydrogens (primary N) is 1. The smallest absolute Gasteiger partial charge is 0.319 e. The highest BCUT2D eigenvalue weighted by Gasteiger charge is 2.10. The molecule has 2 N–H and O–H groups in total. The van der Waals surface area contributed by atoms with Crippen LogP contribution in [0.1, 0.15) is 20.3 Å². The molecule has 0 spiro atoms. The normalized spacial score (nSPS) is 12.8. The summed E-state index contributed by atoms with van der Waals surface area (Å²) in [6, 6.07) is 0.601. The number of aromatic nitrogens is 2. The minimum atomic E-state index is 0.117. The molecule has 5 heteroatoms. The van der Waals surface area contributed by atoms with Gasteiger partial charge in [-0.3, -0.25) is 0 Å². The van der Waals surface area contributed by atoms with Crippen LogP contribution in [0.4, 0.5) is 12.0 Å². The van der Waals surface area contributed by atoms with Crippen molar-refractivity contribution in [1.29, 1.82) is 0 Å². The van der Waals surface area contributed by atoms with Crippen LogP contribution in [0.15, 0.2) is 4.42 Å². The van der Waals surface area contributed by atoms with Gasteiger partial charge in [0.1, 0.15) is 0 Å². The molecule has 0 saturated carbocycles. The van der Waals surface area contributed by atoms with E-state index in [-0.39, 0.29) is 6.01 Å². The zero-order chi connectivity index (χ0) is 9.84. The van der Waals surface area contributed by atoms with E-state index in [1.807, 2.05) is 11.9 Å². The lowest BCUT2D eigenvalue weighted by atomic mass is 10.1. The first-order valence-electron chi connectivity index (χ1n) is 4.43. The zero-order valence-electron chi connectivity index (χ0n) is 8.32. The molecule has 0 aliphatic rings. The van der Waals surface area contributed by atoms with Crippen LogP contribution in [0, 0.1) is 5.92 Å². The molecule has 0 aromatic carbocycles. The number of rotatable bonds is 4. The first-order chi connectivity index (χ1) is 6.13. The van der Waals surface area contributed by atoms with Crippen LogP contribution < -0.4 is 10.6 Å². The Hall–Kier alpha value is -1.26. The van der Waals surface area contributed by atoms with E-state index in [9.17, 15) is 0 Å². The molecule has 0 bridgehead atoms. The third-order valence-electron chi connectivity index (χ3n) is 2.04. The fraction of sp³-hybridized carbons (Fsp3) is 0.750. The maximum Gasteiger partial charge on any atom is 0.319 e. The van der Waals surface area contributed by atoms with E-state index >= 15 is 0 Å². The molecule has 1 atom stereocenters. The second-order valence-electron chi connectivity index (χ2n) is 3.32. The molecular formula is C8H16N4O. The molecule has 5 nitrogen and oxygen atoms in total. The predicted octanol–water partition coefficient (Wildman–Crippen LogP) is 1.13. The van der Waals surface area contributed by atoms with E-state index < -0.39 is 0 Å². The first kappa shape index (κ1) is 9.83. The molecule has 0 aliphatic carbocycles. The SMILES string of the molecule is CCC(C)CN(C)c1nnc(N)o1. The summed E-state index contributed by atoms with van der Waals surface area (Å²) in [4.78, 5) is 1.91. The minimum Gasteiger partial charge on any atom is -0.390 e. The van der Waals surface area contributed by atoms with Gasteiger partial charge in [0.15, 0.2) is 0 Å². The van der Waals surface area contributed by atoms with Gasteiger partial charge in [-0.25, -0.2) is 0 Å². The summed E-state index contributed by atoms with van der Waals surface area (Å²) >= 11 is 0. The molecule has 13 heavy (non-hydrogen) atoms. The van der Waals surface area contributed by atoms with Crippen molar-refractivity contribution in [2.45, 2.75) is 20.3 Å². The Kier molecular flexibility index (Phi) is 3.11.